The lowest BCUT2D eigenvalue weighted by atomic mass is 10.0. The Morgan fingerprint density at radius 2 is 1.84 bits per heavy atom. The molecule has 224 valence electrons. The van der Waals surface area contributed by atoms with Crippen LogP contribution in [-0.2, 0) is 16.1 Å². The predicted molar refractivity (Wildman–Crippen MR) is 162 cm³/mol. The van der Waals surface area contributed by atoms with Crippen LogP contribution in [0.5, 0.6) is 0 Å². The number of benzene rings is 1. The molecule has 2 fully saturated rings. The number of ketones is 1. The highest BCUT2D eigenvalue weighted by atomic mass is 19.1. The number of piperidine rings is 1. The minimum absolute atomic E-state index is 0.0156. The number of carbonyl (C=O) groups is 3. The van der Waals surface area contributed by atoms with Gasteiger partial charge in [0.05, 0.1) is 17.3 Å². The fourth-order valence-corrected chi connectivity index (χ4v) is 6.77. The van der Waals surface area contributed by atoms with Gasteiger partial charge in [0, 0.05) is 47.2 Å². The van der Waals surface area contributed by atoms with Gasteiger partial charge in [-0.1, -0.05) is 6.92 Å². The van der Waals surface area contributed by atoms with E-state index in [0.29, 0.717) is 17.6 Å². The van der Waals surface area contributed by atoms with E-state index in [9.17, 15) is 18.8 Å². The van der Waals surface area contributed by atoms with Crippen LogP contribution in [0.2, 0.25) is 0 Å². The summed E-state index contributed by atoms with van der Waals surface area (Å²) < 4.78 is 18.0. The average molecular weight is 585 g/mol. The van der Waals surface area contributed by atoms with E-state index in [1.165, 1.54) is 6.92 Å². The Morgan fingerprint density at radius 3 is 2.53 bits per heavy atom. The Morgan fingerprint density at radius 1 is 1.09 bits per heavy atom. The van der Waals surface area contributed by atoms with Crippen LogP contribution in [0.1, 0.15) is 69.1 Å². The zero-order valence-electron chi connectivity index (χ0n) is 25.7. The second-order valence-electron chi connectivity index (χ2n) is 12.8. The lowest BCUT2D eigenvalue weighted by molar-refractivity contribution is -0.140. The van der Waals surface area contributed by atoms with Gasteiger partial charge in [-0.25, -0.2) is 13.9 Å². The van der Waals surface area contributed by atoms with Crippen LogP contribution >= 0.6 is 0 Å². The van der Waals surface area contributed by atoms with E-state index in [0.717, 1.165) is 45.4 Å². The van der Waals surface area contributed by atoms with Crippen molar-refractivity contribution < 1.29 is 18.8 Å². The van der Waals surface area contributed by atoms with Crippen molar-refractivity contribution in [3.05, 3.63) is 65.0 Å². The van der Waals surface area contributed by atoms with Crippen LogP contribution in [0.4, 0.5) is 4.39 Å². The molecule has 4 atom stereocenters. The standard InChI is InChI=1S/C33H37FN6O3/c1-17(2)30(34)20(5)36-32(43)26-11-33(7)12-27(33)40(26)29(42)16-38-15-25(21(6)41)24-10-22(8-18(3)31(24)38)23-13-35-28-9-19(4)37-39(28)14-23/h8-10,13-15,20,26-27H,11-12,16H2,1-7H3,(H,36,43)/t20-,26-,27+,33-/m0/s1. The van der Waals surface area contributed by atoms with E-state index < -0.39 is 12.1 Å². The smallest absolute Gasteiger partial charge is 0.243 e. The van der Waals surface area contributed by atoms with Crippen molar-refractivity contribution in [1.82, 2.24) is 29.4 Å². The molecule has 4 heterocycles. The van der Waals surface area contributed by atoms with Gasteiger partial charge >= 0.3 is 0 Å². The number of halogens is 1. The van der Waals surface area contributed by atoms with Crippen molar-refractivity contribution >= 4 is 34.1 Å². The molecule has 2 amide bonds. The van der Waals surface area contributed by atoms with Crippen LogP contribution < -0.4 is 5.32 Å². The fourth-order valence-electron chi connectivity index (χ4n) is 6.77. The number of aromatic nitrogens is 4. The number of nitrogens with one attached hydrogen (secondary N) is 1. The zero-order valence-corrected chi connectivity index (χ0v) is 25.7. The Hall–Kier alpha value is -4.34. The maximum Gasteiger partial charge on any atom is 0.243 e. The fraction of sp³-hybridized carbons (Fsp3) is 0.424. The molecule has 1 aliphatic heterocycles. The van der Waals surface area contributed by atoms with Crippen LogP contribution in [0, 0.1) is 19.3 Å². The molecule has 0 unspecified atom stereocenters. The number of fused-ring (bicyclic) bond motifs is 3. The Labute approximate surface area is 249 Å². The van der Waals surface area contributed by atoms with E-state index in [4.69, 9.17) is 0 Å². The number of aryl methyl sites for hydroxylation is 2. The Bertz CT molecular complexity index is 1860. The summed E-state index contributed by atoms with van der Waals surface area (Å²) in [5.74, 6) is -1.01. The first-order valence-corrected chi connectivity index (χ1v) is 14.7. The summed E-state index contributed by atoms with van der Waals surface area (Å²) in [6, 6.07) is 4.42. The van der Waals surface area contributed by atoms with Crippen molar-refractivity contribution in [2.75, 3.05) is 0 Å². The summed E-state index contributed by atoms with van der Waals surface area (Å²) in [5.41, 5.74) is 5.99. The van der Waals surface area contributed by atoms with Crippen LogP contribution in [0.15, 0.2) is 48.2 Å². The van der Waals surface area contributed by atoms with Gasteiger partial charge in [-0.3, -0.25) is 14.4 Å². The van der Waals surface area contributed by atoms with Gasteiger partial charge in [0.2, 0.25) is 11.8 Å². The molecule has 1 aromatic carbocycles. The zero-order chi connectivity index (χ0) is 31.0. The number of amides is 2. The average Bonchev–Trinajstić information content (AvgIpc) is 3.21. The monoisotopic (exact) mass is 584 g/mol. The molecule has 1 aliphatic carbocycles. The van der Waals surface area contributed by atoms with Crippen LogP contribution in [-0.4, -0.2) is 59.8 Å². The molecule has 1 N–H and O–H groups in total. The quantitative estimate of drug-likeness (QED) is 0.297. The van der Waals surface area contributed by atoms with E-state index >= 15 is 0 Å². The summed E-state index contributed by atoms with van der Waals surface area (Å²) in [7, 11) is 0. The molecule has 1 saturated carbocycles. The van der Waals surface area contributed by atoms with Gasteiger partial charge in [-0.15, -0.1) is 0 Å². The highest BCUT2D eigenvalue weighted by Gasteiger charge is 2.64. The summed E-state index contributed by atoms with van der Waals surface area (Å²) in [6.45, 7) is 12.4. The number of hydrogen-bond donors (Lipinski definition) is 1. The van der Waals surface area contributed by atoms with Crippen molar-refractivity contribution in [3.8, 4) is 11.1 Å². The third kappa shape index (κ3) is 4.92. The summed E-state index contributed by atoms with van der Waals surface area (Å²) >= 11 is 0. The lowest BCUT2D eigenvalue weighted by Gasteiger charge is -2.28. The number of allylic oxidation sites excluding steroid dienone is 1. The summed E-state index contributed by atoms with van der Waals surface area (Å²) in [6.07, 6.45) is 6.83. The molecule has 1 saturated heterocycles. The molecule has 10 heteroatoms. The molecule has 43 heavy (non-hydrogen) atoms. The topological polar surface area (TPSA) is 102 Å². The second-order valence-corrected chi connectivity index (χ2v) is 12.8. The molecule has 9 nitrogen and oxygen atoms in total. The van der Waals surface area contributed by atoms with Gasteiger partial charge in [0.15, 0.2) is 11.4 Å². The third-order valence-electron chi connectivity index (χ3n) is 9.06. The maximum atomic E-state index is 14.5. The highest BCUT2D eigenvalue weighted by molar-refractivity contribution is 6.09. The SMILES string of the molecule is CC(=O)c1cn(CC(=O)N2[C@H](C(=O)N[C@@H](C)C(F)=C(C)C)C[C@@]3(C)C[C@@H]23)c2c(C)cc(-c3cnc4cc(C)nn4c3)cc12. The molecule has 6 rings (SSSR count). The molecule has 0 bridgehead atoms. The number of rotatable bonds is 7. The van der Waals surface area contributed by atoms with E-state index in [2.05, 4.69) is 22.3 Å². The Kier molecular flexibility index (Phi) is 6.78. The predicted octanol–water partition coefficient (Wildman–Crippen LogP) is 5.32. The Balaban J connectivity index is 1.32. The van der Waals surface area contributed by atoms with Gasteiger partial charge in [0.25, 0.3) is 0 Å². The molecule has 4 aromatic rings. The number of likely N-dealkylation sites (tertiary alicyclic amines) is 1. The molecular formula is C33H37FN6O3. The largest absolute Gasteiger partial charge is 0.345 e. The summed E-state index contributed by atoms with van der Waals surface area (Å²) in [5, 5.41) is 8.00. The minimum Gasteiger partial charge on any atom is -0.345 e. The van der Waals surface area contributed by atoms with Crippen molar-refractivity contribution in [1.29, 1.82) is 0 Å². The van der Waals surface area contributed by atoms with Gasteiger partial charge < -0.3 is 14.8 Å². The van der Waals surface area contributed by atoms with Gasteiger partial charge in [-0.2, -0.15) is 5.10 Å². The number of hydrogen-bond acceptors (Lipinski definition) is 5. The number of Topliss-reactive ketones (excluding diaryl/α,β-unsaturated/α-hetero) is 1. The van der Waals surface area contributed by atoms with E-state index in [1.807, 2.05) is 42.8 Å². The van der Waals surface area contributed by atoms with Crippen LogP contribution in [0.3, 0.4) is 0 Å². The molecule has 0 radical (unpaired) electrons. The van der Waals surface area contributed by atoms with Gasteiger partial charge in [-0.05, 0) is 88.6 Å². The highest BCUT2D eigenvalue weighted by Crippen LogP contribution is 2.59. The third-order valence-corrected chi connectivity index (χ3v) is 9.06. The van der Waals surface area contributed by atoms with Crippen molar-refractivity contribution in [2.24, 2.45) is 5.41 Å². The van der Waals surface area contributed by atoms with Crippen molar-refractivity contribution in [2.45, 2.75) is 86.0 Å². The number of carbonyl (C=O) groups excluding carboxylic acids is 3. The first kappa shape index (κ1) is 28.8. The minimum atomic E-state index is -0.768. The molecule has 0 spiro atoms. The second kappa shape index (κ2) is 10.1. The first-order valence-electron chi connectivity index (χ1n) is 14.7. The van der Waals surface area contributed by atoms with Gasteiger partial charge in [0.1, 0.15) is 18.4 Å². The lowest BCUT2D eigenvalue weighted by Crippen LogP contribution is -2.50. The normalized spacial score (nSPS) is 21.6. The first-order chi connectivity index (χ1) is 20.3. The summed E-state index contributed by atoms with van der Waals surface area (Å²) in [4.78, 5) is 46.2. The molecular weight excluding hydrogens is 547 g/mol. The molecule has 2 aliphatic rings. The molecule has 3 aromatic heterocycles. The van der Waals surface area contributed by atoms with E-state index in [-0.39, 0.29) is 41.4 Å². The van der Waals surface area contributed by atoms with Crippen molar-refractivity contribution in [3.63, 3.8) is 0 Å². The van der Waals surface area contributed by atoms with Crippen LogP contribution in [0.25, 0.3) is 27.7 Å². The maximum absolute atomic E-state index is 14.5. The van der Waals surface area contributed by atoms with E-state index in [1.54, 1.807) is 42.6 Å². The number of nitrogens with zero attached hydrogens (tertiary/aromatic N) is 5.